The number of imidazole rings is 1. The van der Waals surface area contributed by atoms with Crippen molar-refractivity contribution in [1.82, 2.24) is 34.7 Å². The average Bonchev–Trinajstić information content (AvgIpc) is 3.64. The van der Waals surface area contributed by atoms with Gasteiger partial charge in [0.2, 0.25) is 5.88 Å². The molecule has 0 aliphatic heterocycles. The van der Waals surface area contributed by atoms with Gasteiger partial charge in [-0.1, -0.05) is 24.3 Å². The minimum Gasteiger partial charge on any atom is -0.480 e. The Bertz CT molecular complexity index is 1450. The van der Waals surface area contributed by atoms with Gasteiger partial charge in [-0.25, -0.2) is 19.9 Å². The van der Waals surface area contributed by atoms with E-state index in [0.717, 1.165) is 30.3 Å². The summed E-state index contributed by atoms with van der Waals surface area (Å²) in [6, 6.07) is 7.05. The van der Waals surface area contributed by atoms with Gasteiger partial charge in [0.25, 0.3) is 0 Å². The molecule has 0 saturated heterocycles. The summed E-state index contributed by atoms with van der Waals surface area (Å²) in [5, 5.41) is 11.8. The molecule has 1 N–H and O–H groups in total. The standard InChI is InChI=1S/C26H27F3N8O/c1-14(2)37-12-19(26(27,28)29)33-24(37)18-7-5-16(6-8-18)11-30-22-15(3)35-36-23(34-22)20-21(17-9-10-17)31-13-32-25(20)38-4/h5-8,12-14,17H,9-11H2,1-4H3,(H,30,34,36). The number of alkyl halides is 3. The number of aromatic nitrogens is 7. The zero-order valence-corrected chi connectivity index (χ0v) is 21.4. The van der Waals surface area contributed by atoms with Crippen molar-refractivity contribution in [2.75, 3.05) is 12.4 Å². The lowest BCUT2D eigenvalue weighted by molar-refractivity contribution is -0.140. The predicted molar refractivity (Wildman–Crippen MR) is 134 cm³/mol. The Morgan fingerprint density at radius 1 is 1.08 bits per heavy atom. The molecule has 0 bridgehead atoms. The van der Waals surface area contributed by atoms with E-state index in [4.69, 9.17) is 9.72 Å². The number of aryl methyl sites for hydroxylation is 1. The number of nitrogens with one attached hydrogen (secondary N) is 1. The maximum Gasteiger partial charge on any atom is 0.434 e. The van der Waals surface area contributed by atoms with Crippen LogP contribution < -0.4 is 10.1 Å². The lowest BCUT2D eigenvalue weighted by Gasteiger charge is -2.13. The van der Waals surface area contributed by atoms with Gasteiger partial charge in [-0.15, -0.1) is 10.2 Å². The van der Waals surface area contributed by atoms with Crippen molar-refractivity contribution in [3.05, 3.63) is 59.4 Å². The van der Waals surface area contributed by atoms with E-state index in [0.29, 0.717) is 46.8 Å². The molecular weight excluding hydrogens is 497 g/mol. The zero-order chi connectivity index (χ0) is 27.0. The molecule has 5 rings (SSSR count). The first-order chi connectivity index (χ1) is 18.2. The fourth-order valence-corrected chi connectivity index (χ4v) is 4.16. The van der Waals surface area contributed by atoms with Crippen LogP contribution in [0.2, 0.25) is 0 Å². The number of hydrogen-bond acceptors (Lipinski definition) is 8. The number of ether oxygens (including phenoxy) is 1. The van der Waals surface area contributed by atoms with Crippen molar-refractivity contribution in [2.45, 2.75) is 58.3 Å². The second-order valence-electron chi connectivity index (χ2n) is 9.49. The van der Waals surface area contributed by atoms with Crippen LogP contribution in [0.1, 0.15) is 61.3 Å². The van der Waals surface area contributed by atoms with Crippen LogP contribution in [0.25, 0.3) is 22.8 Å². The summed E-state index contributed by atoms with van der Waals surface area (Å²) < 4.78 is 46.7. The molecule has 0 radical (unpaired) electrons. The van der Waals surface area contributed by atoms with Crippen molar-refractivity contribution >= 4 is 5.82 Å². The Hall–Kier alpha value is -4.09. The summed E-state index contributed by atoms with van der Waals surface area (Å²) in [5.41, 5.74) is 2.73. The van der Waals surface area contributed by atoms with Crippen LogP contribution in [-0.4, -0.2) is 41.8 Å². The Balaban J connectivity index is 1.37. The summed E-state index contributed by atoms with van der Waals surface area (Å²) in [7, 11) is 1.55. The molecule has 0 atom stereocenters. The van der Waals surface area contributed by atoms with Gasteiger partial charge >= 0.3 is 6.18 Å². The fourth-order valence-electron chi connectivity index (χ4n) is 4.16. The smallest absolute Gasteiger partial charge is 0.434 e. The zero-order valence-electron chi connectivity index (χ0n) is 21.4. The average molecular weight is 525 g/mol. The highest BCUT2D eigenvalue weighted by molar-refractivity contribution is 5.67. The first-order valence-corrected chi connectivity index (χ1v) is 12.3. The molecule has 1 aliphatic carbocycles. The maximum absolute atomic E-state index is 13.2. The van der Waals surface area contributed by atoms with Crippen molar-refractivity contribution < 1.29 is 17.9 Å². The van der Waals surface area contributed by atoms with Gasteiger partial charge in [-0.2, -0.15) is 13.2 Å². The van der Waals surface area contributed by atoms with Gasteiger partial charge in [0.15, 0.2) is 17.3 Å². The van der Waals surface area contributed by atoms with Crippen LogP contribution >= 0.6 is 0 Å². The molecule has 1 aromatic carbocycles. The first-order valence-electron chi connectivity index (χ1n) is 12.3. The van der Waals surface area contributed by atoms with Crippen molar-refractivity contribution in [3.8, 4) is 28.7 Å². The Kier molecular flexibility index (Phi) is 6.72. The number of nitrogens with zero attached hydrogens (tertiary/aromatic N) is 7. The van der Waals surface area contributed by atoms with Gasteiger partial charge in [0.05, 0.1) is 12.8 Å². The number of hydrogen-bond donors (Lipinski definition) is 1. The second-order valence-corrected chi connectivity index (χ2v) is 9.49. The number of halogens is 3. The molecular formula is C26H27F3N8O. The highest BCUT2D eigenvalue weighted by Gasteiger charge is 2.35. The molecule has 0 unspecified atom stereocenters. The topological polar surface area (TPSA) is 104 Å². The van der Waals surface area contributed by atoms with E-state index < -0.39 is 11.9 Å². The van der Waals surface area contributed by atoms with E-state index in [9.17, 15) is 13.2 Å². The number of rotatable bonds is 8. The van der Waals surface area contributed by atoms with E-state index in [1.165, 1.54) is 10.9 Å². The van der Waals surface area contributed by atoms with Gasteiger partial charge < -0.3 is 14.6 Å². The highest BCUT2D eigenvalue weighted by atomic mass is 19.4. The lowest BCUT2D eigenvalue weighted by Crippen LogP contribution is -2.09. The summed E-state index contributed by atoms with van der Waals surface area (Å²) in [5.74, 6) is 1.95. The maximum atomic E-state index is 13.2. The molecule has 1 fully saturated rings. The van der Waals surface area contributed by atoms with Crippen LogP contribution in [0.15, 0.2) is 36.8 Å². The minimum absolute atomic E-state index is 0.175. The third-order valence-corrected chi connectivity index (χ3v) is 6.33. The van der Waals surface area contributed by atoms with Crippen LogP contribution in [0.5, 0.6) is 5.88 Å². The molecule has 198 valence electrons. The van der Waals surface area contributed by atoms with E-state index in [1.807, 2.05) is 26.0 Å². The molecule has 3 heterocycles. The molecule has 38 heavy (non-hydrogen) atoms. The molecule has 1 saturated carbocycles. The third-order valence-electron chi connectivity index (χ3n) is 6.33. The summed E-state index contributed by atoms with van der Waals surface area (Å²) in [4.78, 5) is 17.2. The van der Waals surface area contributed by atoms with Gasteiger partial charge in [0, 0.05) is 30.3 Å². The van der Waals surface area contributed by atoms with Crippen LogP contribution in [0, 0.1) is 6.92 Å². The van der Waals surface area contributed by atoms with Crippen LogP contribution in [0.4, 0.5) is 19.0 Å². The van der Waals surface area contributed by atoms with E-state index in [2.05, 4.69) is 30.5 Å². The van der Waals surface area contributed by atoms with E-state index in [-0.39, 0.29) is 11.9 Å². The normalized spacial score (nSPS) is 13.7. The third kappa shape index (κ3) is 5.15. The Morgan fingerprint density at radius 3 is 2.45 bits per heavy atom. The molecule has 0 spiro atoms. The van der Waals surface area contributed by atoms with Crippen LogP contribution in [0.3, 0.4) is 0 Å². The number of methoxy groups -OCH3 is 1. The van der Waals surface area contributed by atoms with E-state index in [1.54, 1.807) is 26.2 Å². The fraction of sp³-hybridized carbons (Fsp3) is 0.385. The number of benzene rings is 1. The van der Waals surface area contributed by atoms with Crippen molar-refractivity contribution in [2.24, 2.45) is 0 Å². The summed E-state index contributed by atoms with van der Waals surface area (Å²) in [6.07, 6.45) is 0.124. The minimum atomic E-state index is -4.50. The predicted octanol–water partition coefficient (Wildman–Crippen LogP) is 5.60. The van der Waals surface area contributed by atoms with E-state index >= 15 is 0 Å². The molecule has 0 amide bonds. The van der Waals surface area contributed by atoms with Crippen molar-refractivity contribution in [1.29, 1.82) is 0 Å². The highest BCUT2D eigenvalue weighted by Crippen LogP contribution is 2.44. The summed E-state index contributed by atoms with van der Waals surface area (Å²) in [6.45, 7) is 5.87. The molecule has 12 heteroatoms. The van der Waals surface area contributed by atoms with Gasteiger partial charge in [0.1, 0.15) is 23.4 Å². The Morgan fingerprint density at radius 2 is 1.82 bits per heavy atom. The van der Waals surface area contributed by atoms with Gasteiger partial charge in [-0.05, 0) is 39.2 Å². The monoisotopic (exact) mass is 524 g/mol. The first kappa shape index (κ1) is 25.6. The Labute approximate surface area is 217 Å². The number of anilines is 1. The molecule has 3 aromatic heterocycles. The van der Waals surface area contributed by atoms with Crippen LogP contribution in [-0.2, 0) is 12.7 Å². The quantitative estimate of drug-likeness (QED) is 0.318. The summed E-state index contributed by atoms with van der Waals surface area (Å²) >= 11 is 0. The van der Waals surface area contributed by atoms with Crippen molar-refractivity contribution in [3.63, 3.8) is 0 Å². The molecule has 9 nitrogen and oxygen atoms in total. The second kappa shape index (κ2) is 9.99. The lowest BCUT2D eigenvalue weighted by atomic mass is 10.1. The largest absolute Gasteiger partial charge is 0.480 e. The van der Waals surface area contributed by atoms with Gasteiger partial charge in [-0.3, -0.25) is 0 Å². The molecule has 4 aromatic rings. The molecule has 1 aliphatic rings. The SMILES string of the molecule is COc1ncnc(C2CC2)c1-c1nnc(C)c(NCc2ccc(-c3nc(C(F)(F)F)cn3C(C)C)cc2)n1.